The van der Waals surface area contributed by atoms with Gasteiger partial charge in [-0.3, -0.25) is 9.36 Å². The third kappa shape index (κ3) is 3.80. The van der Waals surface area contributed by atoms with Gasteiger partial charge in [0.1, 0.15) is 0 Å². The van der Waals surface area contributed by atoms with Gasteiger partial charge in [-0.1, -0.05) is 29.3 Å². The maximum Gasteiger partial charge on any atom is 0.253 e. The van der Waals surface area contributed by atoms with Crippen LogP contribution in [0.1, 0.15) is 10.4 Å². The zero-order valence-electron chi connectivity index (χ0n) is 14.6. The number of hydrogen-bond acceptors (Lipinski definition) is 3. The molecule has 1 aliphatic heterocycles. The number of carbonyl (C=O) groups is 1. The Morgan fingerprint density at radius 1 is 0.926 bits per heavy atom. The van der Waals surface area contributed by atoms with Gasteiger partial charge in [0.05, 0.1) is 0 Å². The number of benzene rings is 2. The van der Waals surface area contributed by atoms with Gasteiger partial charge < -0.3 is 9.80 Å². The molecule has 0 bridgehead atoms. The summed E-state index contributed by atoms with van der Waals surface area (Å²) >= 11 is 12.0. The Bertz CT molecular complexity index is 947. The summed E-state index contributed by atoms with van der Waals surface area (Å²) in [7, 11) is 0. The molecule has 2 aromatic carbocycles. The van der Waals surface area contributed by atoms with Crippen molar-refractivity contribution in [2.75, 3.05) is 31.1 Å². The number of rotatable bonds is 3. The standard InChI is InChI=1S/C20H18Cl2N4O/c21-16-6-4-15(5-7-16)19(27)24-10-12-25(13-11-24)20-23-8-9-26(20)18-3-1-2-17(22)14-18/h1-9,14H,10-13H2. The van der Waals surface area contributed by atoms with Crippen molar-refractivity contribution in [3.63, 3.8) is 0 Å². The SMILES string of the molecule is O=C(c1ccc(Cl)cc1)N1CCN(c2nccn2-c2cccc(Cl)c2)CC1. The Morgan fingerprint density at radius 2 is 1.67 bits per heavy atom. The molecule has 0 spiro atoms. The van der Waals surface area contributed by atoms with Crippen molar-refractivity contribution in [1.29, 1.82) is 0 Å². The van der Waals surface area contributed by atoms with Crippen LogP contribution in [0.25, 0.3) is 5.69 Å². The highest BCUT2D eigenvalue weighted by Gasteiger charge is 2.24. The zero-order valence-corrected chi connectivity index (χ0v) is 16.1. The first-order chi connectivity index (χ1) is 13.1. The van der Waals surface area contributed by atoms with Crippen LogP contribution in [-0.2, 0) is 0 Å². The lowest BCUT2D eigenvalue weighted by Gasteiger charge is -2.35. The third-order valence-corrected chi connectivity index (χ3v) is 5.14. The number of halogens is 2. The van der Waals surface area contributed by atoms with Crippen LogP contribution in [0.5, 0.6) is 0 Å². The van der Waals surface area contributed by atoms with E-state index < -0.39 is 0 Å². The predicted molar refractivity (Wildman–Crippen MR) is 108 cm³/mol. The summed E-state index contributed by atoms with van der Waals surface area (Å²) in [6, 6.07) is 14.7. The second-order valence-electron chi connectivity index (χ2n) is 6.36. The molecule has 4 rings (SSSR count). The topological polar surface area (TPSA) is 41.4 Å². The molecule has 0 unspecified atom stereocenters. The lowest BCUT2D eigenvalue weighted by Crippen LogP contribution is -2.49. The van der Waals surface area contributed by atoms with Gasteiger partial charge in [-0.2, -0.15) is 0 Å². The summed E-state index contributed by atoms with van der Waals surface area (Å²) in [5.74, 6) is 0.889. The van der Waals surface area contributed by atoms with Crippen molar-refractivity contribution in [1.82, 2.24) is 14.5 Å². The maximum absolute atomic E-state index is 12.7. The summed E-state index contributed by atoms with van der Waals surface area (Å²) in [5, 5.41) is 1.31. The molecule has 1 aliphatic rings. The molecule has 0 atom stereocenters. The Balaban J connectivity index is 1.47. The van der Waals surface area contributed by atoms with Crippen LogP contribution < -0.4 is 4.90 Å². The van der Waals surface area contributed by atoms with Gasteiger partial charge in [0.15, 0.2) is 0 Å². The lowest BCUT2D eigenvalue weighted by molar-refractivity contribution is 0.0746. The largest absolute Gasteiger partial charge is 0.338 e. The molecule has 2 heterocycles. The number of aromatic nitrogens is 2. The van der Waals surface area contributed by atoms with E-state index in [1.807, 2.05) is 39.9 Å². The van der Waals surface area contributed by atoms with Crippen LogP contribution in [-0.4, -0.2) is 46.5 Å². The molecule has 138 valence electrons. The second-order valence-corrected chi connectivity index (χ2v) is 7.24. The first-order valence-corrected chi connectivity index (χ1v) is 9.46. The van der Waals surface area contributed by atoms with Crippen molar-refractivity contribution in [2.45, 2.75) is 0 Å². The number of anilines is 1. The van der Waals surface area contributed by atoms with E-state index in [-0.39, 0.29) is 5.91 Å². The molecule has 0 aliphatic carbocycles. The molecular formula is C20H18Cl2N4O. The number of amides is 1. The number of imidazole rings is 1. The fourth-order valence-corrected chi connectivity index (χ4v) is 3.55. The van der Waals surface area contributed by atoms with Crippen molar-refractivity contribution < 1.29 is 4.79 Å². The van der Waals surface area contributed by atoms with Crippen LogP contribution in [0.2, 0.25) is 10.0 Å². The fraction of sp³-hybridized carbons (Fsp3) is 0.200. The molecule has 7 heteroatoms. The molecule has 1 fully saturated rings. The number of piperazine rings is 1. The van der Waals surface area contributed by atoms with Crippen LogP contribution in [0.3, 0.4) is 0 Å². The Hall–Kier alpha value is -2.50. The summed E-state index contributed by atoms with van der Waals surface area (Å²) in [4.78, 5) is 21.2. The maximum atomic E-state index is 12.7. The van der Waals surface area contributed by atoms with Crippen molar-refractivity contribution >= 4 is 35.1 Å². The average Bonchev–Trinajstić information content (AvgIpc) is 3.18. The van der Waals surface area contributed by atoms with E-state index in [4.69, 9.17) is 23.2 Å². The van der Waals surface area contributed by atoms with E-state index in [1.54, 1.807) is 30.5 Å². The van der Waals surface area contributed by atoms with Gasteiger partial charge >= 0.3 is 0 Å². The second kappa shape index (κ2) is 7.62. The van der Waals surface area contributed by atoms with E-state index >= 15 is 0 Å². The Morgan fingerprint density at radius 3 is 2.37 bits per heavy atom. The summed E-state index contributed by atoms with van der Waals surface area (Å²) < 4.78 is 2.02. The van der Waals surface area contributed by atoms with Crippen molar-refractivity contribution in [3.8, 4) is 5.69 Å². The molecule has 1 saturated heterocycles. The van der Waals surface area contributed by atoms with Gasteiger partial charge in [0.25, 0.3) is 5.91 Å². The highest BCUT2D eigenvalue weighted by atomic mass is 35.5. The molecule has 0 saturated carbocycles. The molecule has 1 amide bonds. The summed E-state index contributed by atoms with van der Waals surface area (Å²) in [5.41, 5.74) is 1.63. The molecule has 0 radical (unpaired) electrons. The van der Waals surface area contributed by atoms with Crippen LogP contribution in [0, 0.1) is 0 Å². The van der Waals surface area contributed by atoms with Gasteiger partial charge in [0, 0.05) is 59.9 Å². The smallest absolute Gasteiger partial charge is 0.253 e. The molecule has 5 nitrogen and oxygen atoms in total. The lowest BCUT2D eigenvalue weighted by atomic mass is 10.2. The van der Waals surface area contributed by atoms with E-state index in [0.29, 0.717) is 28.7 Å². The highest BCUT2D eigenvalue weighted by molar-refractivity contribution is 6.31. The molecule has 27 heavy (non-hydrogen) atoms. The van der Waals surface area contributed by atoms with Crippen LogP contribution in [0.15, 0.2) is 60.9 Å². The third-order valence-electron chi connectivity index (χ3n) is 4.65. The van der Waals surface area contributed by atoms with Gasteiger partial charge in [0.2, 0.25) is 5.95 Å². The molecular weight excluding hydrogens is 383 g/mol. The zero-order chi connectivity index (χ0) is 18.8. The quantitative estimate of drug-likeness (QED) is 0.663. The number of carbonyl (C=O) groups excluding carboxylic acids is 1. The number of hydrogen-bond donors (Lipinski definition) is 0. The molecule has 3 aromatic rings. The normalized spacial score (nSPS) is 14.4. The first-order valence-electron chi connectivity index (χ1n) is 8.71. The first kappa shape index (κ1) is 17.9. The minimum absolute atomic E-state index is 0.0319. The van der Waals surface area contributed by atoms with E-state index in [0.717, 1.165) is 24.7 Å². The van der Waals surface area contributed by atoms with Gasteiger partial charge in [-0.15, -0.1) is 0 Å². The molecule has 0 N–H and O–H groups in total. The van der Waals surface area contributed by atoms with Crippen molar-refractivity contribution in [2.24, 2.45) is 0 Å². The molecule has 1 aromatic heterocycles. The van der Waals surface area contributed by atoms with Crippen molar-refractivity contribution in [3.05, 3.63) is 76.5 Å². The number of nitrogens with zero attached hydrogens (tertiary/aromatic N) is 4. The van der Waals surface area contributed by atoms with E-state index in [1.165, 1.54) is 0 Å². The minimum Gasteiger partial charge on any atom is -0.338 e. The van der Waals surface area contributed by atoms with E-state index in [9.17, 15) is 4.79 Å². The van der Waals surface area contributed by atoms with Crippen LogP contribution in [0.4, 0.5) is 5.95 Å². The van der Waals surface area contributed by atoms with Crippen LogP contribution >= 0.6 is 23.2 Å². The summed E-state index contributed by atoms with van der Waals surface area (Å²) in [6.45, 7) is 2.72. The fourth-order valence-electron chi connectivity index (χ4n) is 3.24. The van der Waals surface area contributed by atoms with Gasteiger partial charge in [-0.25, -0.2) is 4.98 Å². The van der Waals surface area contributed by atoms with Gasteiger partial charge in [-0.05, 0) is 42.5 Å². The minimum atomic E-state index is 0.0319. The Kier molecular flexibility index (Phi) is 5.05. The predicted octanol–water partition coefficient (Wildman–Crippen LogP) is 4.14. The summed E-state index contributed by atoms with van der Waals surface area (Å²) in [6.07, 6.45) is 3.70. The average molecular weight is 401 g/mol. The monoisotopic (exact) mass is 400 g/mol. The Labute approximate surface area is 167 Å². The van der Waals surface area contributed by atoms with E-state index in [2.05, 4.69) is 9.88 Å². The highest BCUT2D eigenvalue weighted by Crippen LogP contribution is 2.22.